The zero-order valence-corrected chi connectivity index (χ0v) is 12.3. The first-order chi connectivity index (χ1) is 9.15. The van der Waals surface area contributed by atoms with Crippen molar-refractivity contribution in [1.29, 1.82) is 0 Å². The minimum absolute atomic E-state index is 0.681. The number of anilines is 2. The summed E-state index contributed by atoms with van der Waals surface area (Å²) in [6.45, 7) is 5.62. The van der Waals surface area contributed by atoms with E-state index in [0.717, 1.165) is 43.1 Å². The fourth-order valence-corrected chi connectivity index (χ4v) is 3.24. The number of hydrazine groups is 1. The molecule has 0 aliphatic carbocycles. The molecule has 19 heavy (non-hydrogen) atoms. The van der Waals surface area contributed by atoms with Crippen molar-refractivity contribution >= 4 is 22.4 Å². The van der Waals surface area contributed by atoms with Gasteiger partial charge in [0.15, 0.2) is 0 Å². The molecule has 0 saturated carbocycles. The van der Waals surface area contributed by atoms with E-state index in [9.17, 15) is 4.21 Å². The Morgan fingerprint density at radius 3 is 2.63 bits per heavy atom. The van der Waals surface area contributed by atoms with Gasteiger partial charge in [-0.25, -0.2) is 15.8 Å². The molecule has 106 valence electrons. The topological polar surface area (TPSA) is 84.1 Å². The number of hydrogen-bond acceptors (Lipinski definition) is 6. The van der Waals surface area contributed by atoms with Crippen LogP contribution in [-0.4, -0.2) is 38.8 Å². The molecule has 1 fully saturated rings. The summed E-state index contributed by atoms with van der Waals surface area (Å²) in [7, 11) is -0.683. The highest BCUT2D eigenvalue weighted by atomic mass is 32.2. The molecule has 1 aliphatic rings. The van der Waals surface area contributed by atoms with Gasteiger partial charge in [0.1, 0.15) is 17.5 Å². The van der Waals surface area contributed by atoms with Crippen molar-refractivity contribution in [3.05, 3.63) is 11.4 Å². The maximum atomic E-state index is 11.4. The molecule has 2 rings (SSSR count). The zero-order chi connectivity index (χ0) is 13.8. The van der Waals surface area contributed by atoms with Crippen LogP contribution in [-0.2, 0) is 17.2 Å². The van der Waals surface area contributed by atoms with Crippen molar-refractivity contribution in [3.8, 4) is 0 Å². The average Bonchev–Trinajstić information content (AvgIpc) is 2.42. The minimum Gasteiger partial charge on any atom is -0.354 e. The van der Waals surface area contributed by atoms with Crippen LogP contribution in [0.15, 0.2) is 0 Å². The monoisotopic (exact) mass is 283 g/mol. The Hall–Kier alpha value is -1.21. The second-order valence-corrected chi connectivity index (χ2v) is 6.36. The lowest BCUT2D eigenvalue weighted by atomic mass is 10.2. The summed E-state index contributed by atoms with van der Waals surface area (Å²) < 4.78 is 11.4. The summed E-state index contributed by atoms with van der Waals surface area (Å²) in [5.41, 5.74) is 3.60. The van der Waals surface area contributed by atoms with E-state index < -0.39 is 10.8 Å². The predicted octanol–water partition coefficient (Wildman–Crippen LogP) is 0.592. The average molecular weight is 283 g/mol. The van der Waals surface area contributed by atoms with E-state index in [1.54, 1.807) is 0 Å². The number of nitrogens with zero attached hydrogens (tertiary/aromatic N) is 3. The van der Waals surface area contributed by atoms with Gasteiger partial charge in [0.2, 0.25) is 0 Å². The standard InChI is InChI=1S/C12H21N5OS/c1-3-4-10-14-11(16-13)9(2)12(15-10)17-5-7-19(18)8-6-17/h3-8,13H2,1-2H3,(H,14,15,16). The second kappa shape index (κ2) is 6.29. The van der Waals surface area contributed by atoms with Gasteiger partial charge in [-0.1, -0.05) is 6.92 Å². The normalized spacial score (nSPS) is 16.7. The largest absolute Gasteiger partial charge is 0.354 e. The molecule has 0 spiro atoms. The molecular weight excluding hydrogens is 262 g/mol. The second-order valence-electron chi connectivity index (χ2n) is 4.67. The summed E-state index contributed by atoms with van der Waals surface area (Å²) in [5.74, 6) is 9.35. The molecule has 1 aromatic rings. The third-order valence-corrected chi connectivity index (χ3v) is 4.53. The van der Waals surface area contributed by atoms with Crippen LogP contribution in [0.4, 0.5) is 11.6 Å². The molecule has 1 saturated heterocycles. The quantitative estimate of drug-likeness (QED) is 0.621. The third kappa shape index (κ3) is 3.22. The van der Waals surface area contributed by atoms with Crippen molar-refractivity contribution in [1.82, 2.24) is 9.97 Å². The van der Waals surface area contributed by atoms with Crippen LogP contribution in [0.3, 0.4) is 0 Å². The number of hydrogen-bond donors (Lipinski definition) is 2. The van der Waals surface area contributed by atoms with E-state index in [1.807, 2.05) is 6.92 Å². The Bertz CT molecular complexity index is 469. The first-order valence-corrected chi connectivity index (χ1v) is 8.08. The van der Waals surface area contributed by atoms with Crippen molar-refractivity contribution in [2.45, 2.75) is 26.7 Å². The molecule has 2 heterocycles. The van der Waals surface area contributed by atoms with Crippen molar-refractivity contribution in [3.63, 3.8) is 0 Å². The molecule has 0 aromatic carbocycles. The van der Waals surface area contributed by atoms with Gasteiger partial charge >= 0.3 is 0 Å². The van der Waals surface area contributed by atoms with Gasteiger partial charge in [-0.2, -0.15) is 0 Å². The molecule has 1 aromatic heterocycles. The van der Waals surface area contributed by atoms with Crippen LogP contribution < -0.4 is 16.2 Å². The Kier molecular flexibility index (Phi) is 4.71. The van der Waals surface area contributed by atoms with Gasteiger partial charge in [-0.15, -0.1) is 0 Å². The summed E-state index contributed by atoms with van der Waals surface area (Å²) >= 11 is 0. The minimum atomic E-state index is -0.683. The smallest absolute Gasteiger partial charge is 0.148 e. The number of nitrogens with two attached hydrogens (primary N) is 1. The van der Waals surface area contributed by atoms with Gasteiger partial charge in [0, 0.05) is 47.4 Å². The van der Waals surface area contributed by atoms with Crippen LogP contribution in [0.25, 0.3) is 0 Å². The van der Waals surface area contributed by atoms with Crippen molar-refractivity contribution < 1.29 is 4.21 Å². The molecule has 0 amide bonds. The molecule has 0 unspecified atom stereocenters. The van der Waals surface area contributed by atoms with Gasteiger partial charge in [-0.05, 0) is 13.3 Å². The Morgan fingerprint density at radius 2 is 2.05 bits per heavy atom. The molecule has 6 nitrogen and oxygen atoms in total. The Labute approximate surface area is 116 Å². The summed E-state index contributed by atoms with van der Waals surface area (Å²) in [5, 5.41) is 0. The lowest BCUT2D eigenvalue weighted by molar-refractivity contribution is 0.671. The summed E-state index contributed by atoms with van der Waals surface area (Å²) in [6, 6.07) is 0. The zero-order valence-electron chi connectivity index (χ0n) is 11.5. The van der Waals surface area contributed by atoms with Crippen LogP contribution in [0.2, 0.25) is 0 Å². The van der Waals surface area contributed by atoms with E-state index in [4.69, 9.17) is 5.84 Å². The van der Waals surface area contributed by atoms with Crippen LogP contribution in [0.1, 0.15) is 24.7 Å². The fourth-order valence-electron chi connectivity index (χ4n) is 2.18. The number of rotatable bonds is 4. The van der Waals surface area contributed by atoms with Crippen molar-refractivity contribution in [2.24, 2.45) is 5.84 Å². The SMILES string of the molecule is CCCc1nc(NN)c(C)c(N2CCS(=O)CC2)n1. The Balaban J connectivity index is 2.31. The lowest BCUT2D eigenvalue weighted by Crippen LogP contribution is -2.39. The first-order valence-electron chi connectivity index (χ1n) is 6.59. The van der Waals surface area contributed by atoms with Crippen molar-refractivity contribution in [2.75, 3.05) is 34.9 Å². The van der Waals surface area contributed by atoms with E-state index in [1.165, 1.54) is 0 Å². The molecule has 0 bridgehead atoms. The van der Waals surface area contributed by atoms with Gasteiger partial charge in [-0.3, -0.25) is 4.21 Å². The summed E-state index contributed by atoms with van der Waals surface area (Å²) in [6.07, 6.45) is 1.83. The number of aryl methyl sites for hydroxylation is 1. The fraction of sp³-hybridized carbons (Fsp3) is 0.667. The van der Waals surface area contributed by atoms with Gasteiger partial charge in [0.05, 0.1) is 0 Å². The highest BCUT2D eigenvalue weighted by Crippen LogP contribution is 2.24. The van der Waals surface area contributed by atoms with Crippen LogP contribution in [0.5, 0.6) is 0 Å². The highest BCUT2D eigenvalue weighted by Gasteiger charge is 2.20. The van der Waals surface area contributed by atoms with Gasteiger partial charge < -0.3 is 10.3 Å². The summed E-state index contributed by atoms with van der Waals surface area (Å²) in [4.78, 5) is 11.2. The highest BCUT2D eigenvalue weighted by molar-refractivity contribution is 7.85. The third-order valence-electron chi connectivity index (χ3n) is 3.25. The molecule has 0 atom stereocenters. The molecule has 0 radical (unpaired) electrons. The Morgan fingerprint density at radius 1 is 1.37 bits per heavy atom. The maximum Gasteiger partial charge on any atom is 0.148 e. The van der Waals surface area contributed by atoms with E-state index in [0.29, 0.717) is 17.3 Å². The van der Waals surface area contributed by atoms with Crippen LogP contribution in [0, 0.1) is 6.92 Å². The van der Waals surface area contributed by atoms with Gasteiger partial charge in [0.25, 0.3) is 0 Å². The predicted molar refractivity (Wildman–Crippen MR) is 78.7 cm³/mol. The lowest BCUT2D eigenvalue weighted by Gasteiger charge is -2.29. The number of nitrogen functional groups attached to an aromatic ring is 1. The molecule has 1 aliphatic heterocycles. The maximum absolute atomic E-state index is 11.4. The molecule has 3 N–H and O–H groups in total. The molecular formula is C12H21N5OS. The van der Waals surface area contributed by atoms with Crippen LogP contribution >= 0.6 is 0 Å². The first kappa shape index (κ1) is 14.2. The number of aromatic nitrogens is 2. The van der Waals surface area contributed by atoms with E-state index in [-0.39, 0.29) is 0 Å². The molecule has 7 heteroatoms. The van der Waals surface area contributed by atoms with E-state index in [2.05, 4.69) is 27.2 Å². The number of nitrogens with one attached hydrogen (secondary N) is 1. The van der Waals surface area contributed by atoms with E-state index >= 15 is 0 Å².